The van der Waals surface area contributed by atoms with Crippen LogP contribution in [0.2, 0.25) is 0 Å². The van der Waals surface area contributed by atoms with Gasteiger partial charge in [-0.1, -0.05) is 42.8 Å². The molecule has 160 valence electrons. The molecular formula is C24H30N2O3S. The van der Waals surface area contributed by atoms with Crippen LogP contribution in [0, 0.1) is 19.8 Å². The van der Waals surface area contributed by atoms with E-state index < -0.39 is 11.2 Å². The monoisotopic (exact) mass is 426 g/mol. The van der Waals surface area contributed by atoms with E-state index in [9.17, 15) is 9.59 Å². The number of para-hydroxylation sites is 1. The molecule has 3 rings (SSSR count). The van der Waals surface area contributed by atoms with Crippen molar-refractivity contribution in [3.8, 4) is 0 Å². The fourth-order valence-electron chi connectivity index (χ4n) is 3.59. The van der Waals surface area contributed by atoms with Crippen molar-refractivity contribution < 1.29 is 14.3 Å². The molecule has 5 nitrogen and oxygen atoms in total. The van der Waals surface area contributed by atoms with E-state index in [1.54, 1.807) is 7.11 Å². The lowest BCUT2D eigenvalue weighted by atomic mass is 10.0. The lowest BCUT2D eigenvalue weighted by Gasteiger charge is -2.36. The van der Waals surface area contributed by atoms with E-state index in [0.29, 0.717) is 19.7 Å². The normalized spacial score (nSPS) is 16.9. The molecule has 0 radical (unpaired) electrons. The van der Waals surface area contributed by atoms with Crippen LogP contribution < -0.4 is 10.2 Å². The number of nitrogens with zero attached hydrogens (tertiary/aromatic N) is 1. The van der Waals surface area contributed by atoms with Crippen LogP contribution in [0.1, 0.15) is 30.0 Å². The number of thioether (sulfide) groups is 1. The minimum atomic E-state index is -0.451. The maximum atomic E-state index is 13.5. The van der Waals surface area contributed by atoms with Crippen molar-refractivity contribution in [2.75, 3.05) is 25.2 Å². The first-order valence-electron chi connectivity index (χ1n) is 10.3. The lowest BCUT2D eigenvalue weighted by molar-refractivity contribution is -0.128. The third-order valence-electron chi connectivity index (χ3n) is 5.44. The van der Waals surface area contributed by atoms with Crippen LogP contribution >= 0.6 is 11.8 Å². The Morgan fingerprint density at radius 2 is 2.00 bits per heavy atom. The van der Waals surface area contributed by atoms with Gasteiger partial charge in [-0.15, -0.1) is 11.8 Å². The van der Waals surface area contributed by atoms with Crippen molar-refractivity contribution in [2.24, 2.45) is 5.92 Å². The van der Waals surface area contributed by atoms with Gasteiger partial charge < -0.3 is 15.0 Å². The Hall–Kier alpha value is -2.31. The first-order valence-corrected chi connectivity index (χ1v) is 11.2. The number of methoxy groups -OCH3 is 1. The van der Waals surface area contributed by atoms with E-state index in [4.69, 9.17) is 4.74 Å². The molecule has 1 N–H and O–H groups in total. The molecule has 30 heavy (non-hydrogen) atoms. The number of carbonyl (C=O) groups is 2. The lowest BCUT2D eigenvalue weighted by Crippen LogP contribution is -2.47. The molecule has 0 bridgehead atoms. The van der Waals surface area contributed by atoms with Gasteiger partial charge in [0.1, 0.15) is 5.25 Å². The molecule has 1 aliphatic rings. The van der Waals surface area contributed by atoms with Gasteiger partial charge in [-0.05, 0) is 43.5 Å². The van der Waals surface area contributed by atoms with Gasteiger partial charge >= 0.3 is 0 Å². The highest BCUT2D eigenvalue weighted by Gasteiger charge is 2.39. The van der Waals surface area contributed by atoms with Gasteiger partial charge in [0.2, 0.25) is 11.8 Å². The van der Waals surface area contributed by atoms with E-state index in [-0.39, 0.29) is 11.8 Å². The van der Waals surface area contributed by atoms with E-state index in [1.807, 2.05) is 36.1 Å². The van der Waals surface area contributed by atoms with Crippen molar-refractivity contribution in [3.05, 3.63) is 59.2 Å². The van der Waals surface area contributed by atoms with Crippen LogP contribution in [-0.4, -0.2) is 37.3 Å². The number of anilines is 1. The summed E-state index contributed by atoms with van der Waals surface area (Å²) in [5.41, 5.74) is 4.37. The molecule has 0 saturated carbocycles. The maximum Gasteiger partial charge on any atom is 0.241 e. The highest BCUT2D eigenvalue weighted by Crippen LogP contribution is 2.42. The van der Waals surface area contributed by atoms with Crippen molar-refractivity contribution in [2.45, 2.75) is 43.9 Å². The zero-order valence-electron chi connectivity index (χ0n) is 18.1. The van der Waals surface area contributed by atoms with Gasteiger partial charge in [-0.2, -0.15) is 0 Å². The molecule has 1 aliphatic heterocycles. The van der Waals surface area contributed by atoms with E-state index in [0.717, 1.165) is 28.1 Å². The highest BCUT2D eigenvalue weighted by atomic mass is 32.2. The number of aryl methyl sites for hydroxylation is 2. The fraction of sp³-hybridized carbons (Fsp3) is 0.417. The second kappa shape index (κ2) is 10.1. The average molecular weight is 427 g/mol. The summed E-state index contributed by atoms with van der Waals surface area (Å²) in [5.74, 6) is -0.540. The van der Waals surface area contributed by atoms with Crippen LogP contribution in [0.25, 0.3) is 0 Å². The molecule has 0 fully saturated rings. The highest BCUT2D eigenvalue weighted by molar-refractivity contribution is 8.01. The molecule has 6 heteroatoms. The Bertz CT molecular complexity index is 915. The number of carbonyl (C=O) groups excluding carboxylic acids is 2. The van der Waals surface area contributed by atoms with Gasteiger partial charge in [-0.25, -0.2) is 0 Å². The molecule has 2 aromatic carbocycles. The number of benzene rings is 2. The Kier molecular flexibility index (Phi) is 7.56. The molecule has 0 spiro atoms. The molecule has 2 atom stereocenters. The maximum absolute atomic E-state index is 13.5. The summed E-state index contributed by atoms with van der Waals surface area (Å²) in [6.07, 6.45) is 0.752. The number of ether oxygens (including phenoxy) is 1. The minimum absolute atomic E-state index is 0.0147. The standard InChI is InChI=1S/C24H30N2O3S/c1-16-10-11-17(2)19(14-16)15-26-20-8-5-6-9-21(20)30-22(24(26)28)18(3)23(27)25-12-7-13-29-4/h5-6,8-11,14,18,22H,7,12-13,15H2,1-4H3,(H,25,27)/t18-,22+/m1/s1. The largest absolute Gasteiger partial charge is 0.385 e. The summed E-state index contributed by atoms with van der Waals surface area (Å²) in [4.78, 5) is 29.1. The zero-order valence-corrected chi connectivity index (χ0v) is 18.9. The third kappa shape index (κ3) is 5.05. The van der Waals surface area contributed by atoms with Crippen LogP contribution in [0.15, 0.2) is 47.4 Å². The molecule has 0 aliphatic carbocycles. The number of rotatable bonds is 8. The van der Waals surface area contributed by atoms with Crippen LogP contribution in [-0.2, 0) is 20.9 Å². The summed E-state index contributed by atoms with van der Waals surface area (Å²) >= 11 is 1.49. The molecule has 0 saturated heterocycles. The Labute approximate surface area is 183 Å². The summed E-state index contributed by atoms with van der Waals surface area (Å²) in [6.45, 7) is 7.61. The minimum Gasteiger partial charge on any atom is -0.385 e. The van der Waals surface area contributed by atoms with Crippen LogP contribution in [0.3, 0.4) is 0 Å². The SMILES string of the molecule is COCCCNC(=O)[C@H](C)[C@@H]1Sc2ccccc2N(Cc2cc(C)ccc2C)C1=O. The molecule has 1 heterocycles. The van der Waals surface area contributed by atoms with E-state index >= 15 is 0 Å². The predicted octanol–water partition coefficient (Wildman–Crippen LogP) is 4.10. The second-order valence-corrected chi connectivity index (χ2v) is 8.97. The Morgan fingerprint density at radius 3 is 2.77 bits per heavy atom. The van der Waals surface area contributed by atoms with Gasteiger partial charge in [0.25, 0.3) is 0 Å². The quantitative estimate of drug-likeness (QED) is 0.646. The Balaban J connectivity index is 1.83. The van der Waals surface area contributed by atoms with Crippen molar-refractivity contribution >= 4 is 29.3 Å². The van der Waals surface area contributed by atoms with Gasteiger partial charge in [-0.3, -0.25) is 9.59 Å². The Morgan fingerprint density at radius 1 is 1.23 bits per heavy atom. The van der Waals surface area contributed by atoms with Crippen LogP contribution in [0.4, 0.5) is 5.69 Å². The molecule has 2 amide bonds. The fourth-order valence-corrected chi connectivity index (χ4v) is 4.87. The number of hydrogen-bond donors (Lipinski definition) is 1. The smallest absolute Gasteiger partial charge is 0.241 e. The molecule has 0 aromatic heterocycles. The number of amides is 2. The molecule has 0 unspecified atom stereocenters. The number of hydrogen-bond acceptors (Lipinski definition) is 4. The van der Waals surface area contributed by atoms with Gasteiger partial charge in [0.05, 0.1) is 18.2 Å². The third-order valence-corrected chi connectivity index (χ3v) is 6.91. The predicted molar refractivity (Wildman–Crippen MR) is 122 cm³/mol. The van der Waals surface area contributed by atoms with Crippen molar-refractivity contribution in [1.82, 2.24) is 5.32 Å². The average Bonchev–Trinajstić information content (AvgIpc) is 2.74. The van der Waals surface area contributed by atoms with Gasteiger partial charge in [0, 0.05) is 25.2 Å². The number of fused-ring (bicyclic) bond motifs is 1. The molecular weight excluding hydrogens is 396 g/mol. The van der Waals surface area contributed by atoms with E-state index in [1.165, 1.54) is 17.3 Å². The first-order chi connectivity index (χ1) is 14.4. The summed E-state index contributed by atoms with van der Waals surface area (Å²) in [7, 11) is 1.64. The van der Waals surface area contributed by atoms with E-state index in [2.05, 4.69) is 37.4 Å². The topological polar surface area (TPSA) is 58.6 Å². The van der Waals surface area contributed by atoms with Crippen LogP contribution in [0.5, 0.6) is 0 Å². The number of nitrogens with one attached hydrogen (secondary N) is 1. The molecule has 2 aromatic rings. The first kappa shape index (κ1) is 22.4. The second-order valence-electron chi connectivity index (χ2n) is 7.79. The summed E-state index contributed by atoms with van der Waals surface area (Å²) in [5, 5.41) is 2.49. The van der Waals surface area contributed by atoms with Crippen molar-refractivity contribution in [1.29, 1.82) is 0 Å². The summed E-state index contributed by atoms with van der Waals surface area (Å²) < 4.78 is 5.03. The van der Waals surface area contributed by atoms with Crippen molar-refractivity contribution in [3.63, 3.8) is 0 Å². The zero-order chi connectivity index (χ0) is 21.7. The summed E-state index contributed by atoms with van der Waals surface area (Å²) in [6, 6.07) is 14.2. The van der Waals surface area contributed by atoms with Gasteiger partial charge in [0.15, 0.2) is 0 Å².